The van der Waals surface area contributed by atoms with Gasteiger partial charge in [-0.2, -0.15) is 0 Å². The Morgan fingerprint density at radius 2 is 1.83 bits per heavy atom. The molecule has 0 atom stereocenters. The van der Waals surface area contributed by atoms with Gasteiger partial charge in [-0.15, -0.1) is 0 Å². The van der Waals surface area contributed by atoms with Crippen molar-refractivity contribution in [3.05, 3.63) is 89.3 Å². The molecule has 0 aromatic carbocycles. The maximum Gasteiger partial charge on any atom is 0.255 e. The first-order chi connectivity index (χ1) is 17.1. The van der Waals surface area contributed by atoms with Crippen LogP contribution in [0.25, 0.3) is 11.2 Å². The van der Waals surface area contributed by atoms with E-state index in [1.165, 1.54) is 24.8 Å². The minimum atomic E-state index is -0.0227. The molecule has 0 unspecified atom stereocenters. The smallest absolute Gasteiger partial charge is 0.255 e. The Morgan fingerprint density at radius 1 is 1.03 bits per heavy atom. The van der Waals surface area contributed by atoms with Crippen molar-refractivity contribution in [2.24, 2.45) is 0 Å². The number of imidazole rings is 1. The van der Waals surface area contributed by atoms with E-state index in [-0.39, 0.29) is 5.91 Å². The van der Waals surface area contributed by atoms with Gasteiger partial charge in [0.1, 0.15) is 5.65 Å². The molecule has 2 aromatic rings. The summed E-state index contributed by atoms with van der Waals surface area (Å²) in [6.45, 7) is 8.39. The highest BCUT2D eigenvalue weighted by molar-refractivity contribution is 6.00. The summed E-state index contributed by atoms with van der Waals surface area (Å²) in [7, 11) is 0. The van der Waals surface area contributed by atoms with Crippen LogP contribution in [0.5, 0.6) is 0 Å². The topological polar surface area (TPSA) is 44.1 Å². The number of aromatic nitrogens is 2. The van der Waals surface area contributed by atoms with Crippen molar-refractivity contribution in [2.45, 2.75) is 45.6 Å². The molecule has 180 valence electrons. The van der Waals surface area contributed by atoms with Crippen molar-refractivity contribution in [3.63, 3.8) is 0 Å². The molecule has 5 heterocycles. The first-order valence-corrected chi connectivity index (χ1v) is 12.9. The molecule has 2 fully saturated rings. The van der Waals surface area contributed by atoms with Gasteiger partial charge in [-0.1, -0.05) is 25.5 Å². The number of nitrogens with zero attached hydrogens (tertiary/aromatic N) is 5. The first kappa shape index (κ1) is 22.1. The van der Waals surface area contributed by atoms with Crippen LogP contribution in [-0.4, -0.2) is 62.2 Å². The molecular weight excluding hydrogens is 434 g/mol. The van der Waals surface area contributed by atoms with Crippen molar-refractivity contribution in [1.29, 1.82) is 0 Å². The Hall–Kier alpha value is -3.38. The Morgan fingerprint density at radius 3 is 2.57 bits per heavy atom. The van der Waals surface area contributed by atoms with Crippen LogP contribution in [0.2, 0.25) is 0 Å². The van der Waals surface area contributed by atoms with E-state index in [4.69, 9.17) is 0 Å². The number of hydrogen-bond donors (Lipinski definition) is 0. The van der Waals surface area contributed by atoms with Gasteiger partial charge in [0.2, 0.25) is 0 Å². The molecule has 6 heteroatoms. The van der Waals surface area contributed by atoms with Gasteiger partial charge in [0.15, 0.2) is 0 Å². The van der Waals surface area contributed by atoms with Crippen LogP contribution in [0.3, 0.4) is 0 Å². The molecule has 0 bridgehead atoms. The predicted molar refractivity (Wildman–Crippen MR) is 139 cm³/mol. The van der Waals surface area contributed by atoms with E-state index in [0.717, 1.165) is 72.5 Å². The van der Waals surface area contributed by atoms with Crippen LogP contribution in [0, 0.1) is 6.92 Å². The lowest BCUT2D eigenvalue weighted by Crippen LogP contribution is -2.52. The fourth-order valence-corrected chi connectivity index (χ4v) is 5.50. The standard InChI is InChI=1S/C29H33N5O/c1-3-22-16-24(19-33-18-21(2)30-29(22)33)23-6-4-9-26-10-11-27(20-34(26)28(35)17-23)32-14-12-31(13-15-32)25-7-5-8-25/h4,6,9-11,16-20,25H,3,5,7-8,12-15H2,1-2H3/b6-4?,23-17?,26-9+. The van der Waals surface area contributed by atoms with Crippen LogP contribution in [0.1, 0.15) is 43.0 Å². The van der Waals surface area contributed by atoms with Crippen LogP contribution < -0.4 is 0 Å². The summed E-state index contributed by atoms with van der Waals surface area (Å²) in [5.74, 6) is -0.0227. The lowest BCUT2D eigenvalue weighted by Gasteiger charge is -2.44. The number of piperazine rings is 1. The van der Waals surface area contributed by atoms with E-state index in [1.54, 1.807) is 11.0 Å². The zero-order valence-electron chi connectivity index (χ0n) is 20.7. The van der Waals surface area contributed by atoms with Crippen LogP contribution in [0.4, 0.5) is 0 Å². The quantitative estimate of drug-likeness (QED) is 0.666. The number of hydrogen-bond acceptors (Lipinski definition) is 4. The third-order valence-corrected chi connectivity index (χ3v) is 7.76. The normalized spacial score (nSPS) is 22.8. The lowest BCUT2D eigenvalue weighted by atomic mass is 9.91. The number of allylic oxidation sites excluding steroid dienone is 6. The molecule has 1 amide bonds. The largest absolute Gasteiger partial charge is 0.368 e. The molecule has 4 aliphatic rings. The van der Waals surface area contributed by atoms with Crippen LogP contribution in [0.15, 0.2) is 72.5 Å². The van der Waals surface area contributed by atoms with Crippen molar-refractivity contribution in [2.75, 3.05) is 26.2 Å². The molecule has 6 rings (SSSR count). The second-order valence-corrected chi connectivity index (χ2v) is 9.97. The molecule has 1 saturated carbocycles. The molecule has 0 radical (unpaired) electrons. The van der Waals surface area contributed by atoms with Gasteiger partial charge in [-0.25, -0.2) is 4.98 Å². The summed E-state index contributed by atoms with van der Waals surface area (Å²) in [6.07, 6.45) is 23.2. The number of rotatable bonds is 4. The van der Waals surface area contributed by atoms with Gasteiger partial charge in [0.05, 0.1) is 11.4 Å². The summed E-state index contributed by atoms with van der Waals surface area (Å²) in [4.78, 5) is 25.0. The van der Waals surface area contributed by atoms with E-state index >= 15 is 0 Å². The highest BCUT2D eigenvalue weighted by Crippen LogP contribution is 2.29. The zero-order valence-corrected chi connectivity index (χ0v) is 20.7. The van der Waals surface area contributed by atoms with Crippen LogP contribution >= 0.6 is 0 Å². The van der Waals surface area contributed by atoms with E-state index < -0.39 is 0 Å². The molecule has 3 aliphatic heterocycles. The second-order valence-electron chi connectivity index (χ2n) is 9.97. The van der Waals surface area contributed by atoms with Gasteiger partial charge in [-0.05, 0) is 67.2 Å². The Balaban J connectivity index is 1.26. The fourth-order valence-electron chi connectivity index (χ4n) is 5.50. The number of aryl methyl sites for hydroxylation is 2. The van der Waals surface area contributed by atoms with Gasteiger partial charge in [0.25, 0.3) is 5.91 Å². The average Bonchev–Trinajstić information content (AvgIpc) is 3.21. The number of pyridine rings is 1. The fraction of sp³-hybridized carbons (Fsp3) is 0.379. The van der Waals surface area contributed by atoms with Crippen molar-refractivity contribution >= 4 is 17.1 Å². The maximum atomic E-state index is 13.5. The summed E-state index contributed by atoms with van der Waals surface area (Å²) >= 11 is 0. The molecule has 0 N–H and O–H groups in total. The first-order valence-electron chi connectivity index (χ1n) is 12.9. The summed E-state index contributed by atoms with van der Waals surface area (Å²) in [5.41, 5.74) is 7.11. The van der Waals surface area contributed by atoms with Crippen LogP contribution in [-0.2, 0) is 11.2 Å². The molecule has 1 aliphatic carbocycles. The third kappa shape index (κ3) is 4.16. The number of carbonyl (C=O) groups is 1. The minimum absolute atomic E-state index is 0.0227. The van der Waals surface area contributed by atoms with Gasteiger partial charge in [-0.3, -0.25) is 14.6 Å². The number of carbonyl (C=O) groups excluding carboxylic acids is 1. The predicted octanol–water partition coefficient (Wildman–Crippen LogP) is 4.45. The van der Waals surface area contributed by atoms with Crippen molar-refractivity contribution in [1.82, 2.24) is 24.1 Å². The summed E-state index contributed by atoms with van der Waals surface area (Å²) in [5, 5.41) is 0. The average molecular weight is 468 g/mol. The Bertz CT molecular complexity index is 1310. The Labute approximate surface area is 207 Å². The molecular formula is C29H33N5O. The molecule has 2 aromatic heterocycles. The second kappa shape index (κ2) is 9.00. The highest BCUT2D eigenvalue weighted by Gasteiger charge is 2.29. The molecule has 1 saturated heterocycles. The monoisotopic (exact) mass is 467 g/mol. The zero-order chi connectivity index (χ0) is 23.9. The highest BCUT2D eigenvalue weighted by atomic mass is 16.2. The van der Waals surface area contributed by atoms with E-state index in [2.05, 4.69) is 50.5 Å². The lowest BCUT2D eigenvalue weighted by molar-refractivity contribution is -0.122. The minimum Gasteiger partial charge on any atom is -0.368 e. The SMILES string of the molecule is CCc1cc(C2=CC(=O)N3C=C(N4CCN(C5CCC5)CC4)C=C/C3=C\C=C2)cn2cc(C)nc12. The maximum absolute atomic E-state index is 13.5. The number of fused-ring (bicyclic) bond motifs is 2. The molecule has 35 heavy (non-hydrogen) atoms. The molecule has 0 spiro atoms. The molecule has 6 nitrogen and oxygen atoms in total. The van der Waals surface area contributed by atoms with Crippen molar-refractivity contribution in [3.8, 4) is 0 Å². The Kier molecular flexibility index (Phi) is 5.69. The summed E-state index contributed by atoms with van der Waals surface area (Å²) < 4.78 is 2.08. The summed E-state index contributed by atoms with van der Waals surface area (Å²) in [6, 6.07) is 2.96. The third-order valence-electron chi connectivity index (χ3n) is 7.76. The van der Waals surface area contributed by atoms with Gasteiger partial charge >= 0.3 is 0 Å². The van der Waals surface area contributed by atoms with E-state index in [9.17, 15) is 4.79 Å². The van der Waals surface area contributed by atoms with E-state index in [0.29, 0.717) is 0 Å². The van der Waals surface area contributed by atoms with E-state index in [1.807, 2.05) is 37.5 Å². The van der Waals surface area contributed by atoms with Crippen molar-refractivity contribution < 1.29 is 4.79 Å². The van der Waals surface area contributed by atoms with Gasteiger partial charge in [0, 0.05) is 62.6 Å². The number of amides is 1. The van der Waals surface area contributed by atoms with Gasteiger partial charge < -0.3 is 9.30 Å².